The molecule has 0 bridgehead atoms. The van der Waals surface area contributed by atoms with Gasteiger partial charge in [-0.3, -0.25) is 4.79 Å². The number of rotatable bonds is 3. The Morgan fingerprint density at radius 1 is 0.931 bits per heavy atom. The first-order valence-electron chi connectivity index (χ1n) is 9.42. The average molecular weight is 427 g/mol. The summed E-state index contributed by atoms with van der Waals surface area (Å²) >= 11 is 12.1. The minimum atomic E-state index is -0.0766. The summed E-state index contributed by atoms with van der Waals surface area (Å²) in [6, 6.07) is 17.1. The number of carbonyl (C=O) groups excluding carboxylic acids is 1. The number of anilines is 1. The van der Waals surface area contributed by atoms with E-state index in [1.54, 1.807) is 23.1 Å². The first-order chi connectivity index (χ1) is 14.0. The molecule has 3 aromatic rings. The van der Waals surface area contributed by atoms with Crippen LogP contribution in [-0.2, 0) is 0 Å². The molecule has 0 atom stereocenters. The molecule has 1 saturated heterocycles. The van der Waals surface area contributed by atoms with E-state index in [1.807, 2.05) is 30.3 Å². The lowest BCUT2D eigenvalue weighted by Gasteiger charge is -2.35. The highest BCUT2D eigenvalue weighted by Gasteiger charge is 2.24. The van der Waals surface area contributed by atoms with Crippen LogP contribution in [0, 0.1) is 6.92 Å². The standard InChI is InChI=1S/C22H20Cl2N4O/c1-15-4-2-3-5-17(15)20-8-9-21(26-25-20)27-10-12-28(13-11-27)22(29)18-7-6-16(23)14-19(18)24/h2-9,14H,10-13H2,1H3. The maximum Gasteiger partial charge on any atom is 0.255 e. The highest BCUT2D eigenvalue weighted by Crippen LogP contribution is 2.24. The van der Waals surface area contributed by atoms with Crippen molar-refractivity contribution in [2.75, 3.05) is 31.1 Å². The molecule has 0 N–H and O–H groups in total. The number of aryl methyl sites for hydroxylation is 1. The van der Waals surface area contributed by atoms with E-state index in [1.165, 1.54) is 5.56 Å². The Balaban J connectivity index is 1.42. The summed E-state index contributed by atoms with van der Waals surface area (Å²) in [6.07, 6.45) is 0. The number of nitrogens with zero attached hydrogens (tertiary/aromatic N) is 4. The van der Waals surface area contributed by atoms with Gasteiger partial charge in [0.2, 0.25) is 0 Å². The zero-order chi connectivity index (χ0) is 20.4. The summed E-state index contributed by atoms with van der Waals surface area (Å²) in [7, 11) is 0. The molecule has 4 rings (SSSR count). The summed E-state index contributed by atoms with van der Waals surface area (Å²) in [6.45, 7) is 4.64. The number of hydrogen-bond acceptors (Lipinski definition) is 4. The average Bonchev–Trinajstić information content (AvgIpc) is 2.74. The van der Waals surface area contributed by atoms with Gasteiger partial charge < -0.3 is 9.80 Å². The quantitative estimate of drug-likeness (QED) is 0.607. The molecule has 0 saturated carbocycles. The molecule has 2 heterocycles. The van der Waals surface area contributed by atoms with Crippen LogP contribution in [0.2, 0.25) is 10.0 Å². The van der Waals surface area contributed by atoms with Gasteiger partial charge in [0.25, 0.3) is 5.91 Å². The van der Waals surface area contributed by atoms with E-state index < -0.39 is 0 Å². The minimum Gasteiger partial charge on any atom is -0.352 e. The van der Waals surface area contributed by atoms with Crippen LogP contribution in [-0.4, -0.2) is 47.2 Å². The van der Waals surface area contributed by atoms with Crippen LogP contribution in [0.3, 0.4) is 0 Å². The second-order valence-corrected chi connectivity index (χ2v) is 7.84. The number of hydrogen-bond donors (Lipinski definition) is 0. The molecule has 0 spiro atoms. The fraction of sp³-hybridized carbons (Fsp3) is 0.227. The number of carbonyl (C=O) groups is 1. The van der Waals surface area contributed by atoms with Crippen LogP contribution < -0.4 is 4.90 Å². The highest BCUT2D eigenvalue weighted by molar-refractivity contribution is 6.36. The van der Waals surface area contributed by atoms with Crippen LogP contribution in [0.4, 0.5) is 5.82 Å². The molecule has 5 nitrogen and oxygen atoms in total. The van der Waals surface area contributed by atoms with Crippen molar-refractivity contribution in [2.24, 2.45) is 0 Å². The lowest BCUT2D eigenvalue weighted by molar-refractivity contribution is 0.0746. The third kappa shape index (κ3) is 4.21. The lowest BCUT2D eigenvalue weighted by atomic mass is 10.1. The van der Waals surface area contributed by atoms with Gasteiger partial charge in [-0.15, -0.1) is 10.2 Å². The van der Waals surface area contributed by atoms with Gasteiger partial charge in [0.05, 0.1) is 16.3 Å². The van der Waals surface area contributed by atoms with E-state index in [9.17, 15) is 4.79 Å². The van der Waals surface area contributed by atoms with Crippen molar-refractivity contribution in [1.82, 2.24) is 15.1 Å². The predicted octanol–water partition coefficient (Wildman–Crippen LogP) is 4.72. The van der Waals surface area contributed by atoms with Gasteiger partial charge in [-0.05, 0) is 42.8 Å². The summed E-state index contributed by atoms with van der Waals surface area (Å²) < 4.78 is 0. The second kappa shape index (κ2) is 8.39. The van der Waals surface area contributed by atoms with Gasteiger partial charge in [0.1, 0.15) is 0 Å². The van der Waals surface area contributed by atoms with Crippen molar-refractivity contribution in [1.29, 1.82) is 0 Å². The van der Waals surface area contributed by atoms with Crippen LogP contribution in [0.15, 0.2) is 54.6 Å². The van der Waals surface area contributed by atoms with Gasteiger partial charge >= 0.3 is 0 Å². The molecule has 1 amide bonds. The van der Waals surface area contributed by atoms with Crippen LogP contribution in [0.5, 0.6) is 0 Å². The first-order valence-corrected chi connectivity index (χ1v) is 10.2. The molecule has 0 aliphatic carbocycles. The van der Waals surface area contributed by atoms with Gasteiger partial charge in [-0.25, -0.2) is 0 Å². The highest BCUT2D eigenvalue weighted by atomic mass is 35.5. The SMILES string of the molecule is Cc1ccccc1-c1ccc(N2CCN(C(=O)c3ccc(Cl)cc3Cl)CC2)nn1. The zero-order valence-electron chi connectivity index (χ0n) is 16.0. The molecule has 148 valence electrons. The van der Waals surface area contributed by atoms with E-state index in [2.05, 4.69) is 28.1 Å². The Hall–Kier alpha value is -2.63. The van der Waals surface area contributed by atoms with Gasteiger partial charge in [-0.1, -0.05) is 47.5 Å². The summed E-state index contributed by atoms with van der Waals surface area (Å²) in [5.74, 6) is 0.742. The zero-order valence-corrected chi connectivity index (χ0v) is 17.5. The second-order valence-electron chi connectivity index (χ2n) is 7.00. The first kappa shape index (κ1) is 19.7. The molecule has 1 aromatic heterocycles. The van der Waals surface area contributed by atoms with Crippen molar-refractivity contribution in [3.05, 3.63) is 75.8 Å². The van der Waals surface area contributed by atoms with Crippen molar-refractivity contribution in [3.8, 4) is 11.3 Å². The monoisotopic (exact) mass is 426 g/mol. The molecule has 2 aromatic carbocycles. The van der Waals surface area contributed by atoms with E-state index in [4.69, 9.17) is 23.2 Å². The Morgan fingerprint density at radius 3 is 2.34 bits per heavy atom. The maximum absolute atomic E-state index is 12.8. The van der Waals surface area contributed by atoms with Gasteiger partial charge in [0, 0.05) is 36.8 Å². The summed E-state index contributed by atoms with van der Waals surface area (Å²) in [4.78, 5) is 16.7. The van der Waals surface area contributed by atoms with Gasteiger partial charge in [-0.2, -0.15) is 0 Å². The molecule has 7 heteroatoms. The lowest BCUT2D eigenvalue weighted by Crippen LogP contribution is -2.49. The minimum absolute atomic E-state index is 0.0766. The Kier molecular flexibility index (Phi) is 5.69. The topological polar surface area (TPSA) is 49.3 Å². The molecular formula is C22H20Cl2N4O. The van der Waals surface area contributed by atoms with Crippen molar-refractivity contribution < 1.29 is 4.79 Å². The molecule has 29 heavy (non-hydrogen) atoms. The van der Waals surface area contributed by atoms with E-state index in [0.29, 0.717) is 41.8 Å². The van der Waals surface area contributed by atoms with Crippen LogP contribution in [0.25, 0.3) is 11.3 Å². The van der Waals surface area contributed by atoms with E-state index in [-0.39, 0.29) is 5.91 Å². The normalized spacial score (nSPS) is 14.2. The van der Waals surface area contributed by atoms with Crippen LogP contribution >= 0.6 is 23.2 Å². The summed E-state index contributed by atoms with van der Waals surface area (Å²) in [5.41, 5.74) is 3.59. The number of aromatic nitrogens is 2. The van der Waals surface area contributed by atoms with Gasteiger partial charge in [0.15, 0.2) is 5.82 Å². The van der Waals surface area contributed by atoms with Crippen molar-refractivity contribution in [2.45, 2.75) is 6.92 Å². The summed E-state index contributed by atoms with van der Waals surface area (Å²) in [5, 5.41) is 9.71. The molecule has 0 radical (unpaired) electrons. The fourth-order valence-electron chi connectivity index (χ4n) is 3.47. The van der Waals surface area contributed by atoms with Crippen molar-refractivity contribution >= 4 is 34.9 Å². The predicted molar refractivity (Wildman–Crippen MR) is 117 cm³/mol. The molecule has 0 unspecified atom stereocenters. The molecule has 1 aliphatic rings. The third-order valence-corrected chi connectivity index (χ3v) is 5.67. The Bertz CT molecular complexity index is 1030. The number of halogens is 2. The van der Waals surface area contributed by atoms with E-state index in [0.717, 1.165) is 17.1 Å². The van der Waals surface area contributed by atoms with Crippen molar-refractivity contribution in [3.63, 3.8) is 0 Å². The van der Waals surface area contributed by atoms with Crippen LogP contribution in [0.1, 0.15) is 15.9 Å². The largest absolute Gasteiger partial charge is 0.352 e. The third-order valence-electron chi connectivity index (χ3n) is 5.12. The molecular weight excluding hydrogens is 407 g/mol. The number of amides is 1. The van der Waals surface area contributed by atoms with E-state index >= 15 is 0 Å². The Morgan fingerprint density at radius 2 is 1.69 bits per heavy atom. The fourth-order valence-corrected chi connectivity index (χ4v) is 3.96. The number of benzene rings is 2. The number of piperazine rings is 1. The maximum atomic E-state index is 12.8. The molecule has 1 fully saturated rings. The Labute approximate surface area is 179 Å². The smallest absolute Gasteiger partial charge is 0.255 e. The molecule has 1 aliphatic heterocycles.